The summed E-state index contributed by atoms with van der Waals surface area (Å²) in [7, 11) is 0. The Morgan fingerprint density at radius 2 is 2.27 bits per heavy atom. The summed E-state index contributed by atoms with van der Waals surface area (Å²) in [6.45, 7) is 1.99. The molecule has 11 heavy (non-hydrogen) atoms. The highest BCUT2D eigenvalue weighted by Gasteiger charge is 2.03. The number of aryl methyl sites for hydroxylation is 1. The molecule has 0 saturated carbocycles. The lowest BCUT2D eigenvalue weighted by molar-refractivity contribution is 0.202. The molecule has 0 aliphatic rings. The molecule has 0 bridgehead atoms. The van der Waals surface area contributed by atoms with Crippen LogP contribution in [-0.2, 0) is 0 Å². The Morgan fingerprint density at radius 3 is 2.82 bits per heavy atom. The molecule has 0 aromatic heterocycles. The molecule has 1 atom stereocenters. The van der Waals surface area contributed by atoms with Crippen molar-refractivity contribution < 1.29 is 5.11 Å². The maximum atomic E-state index is 9.32. The van der Waals surface area contributed by atoms with Crippen LogP contribution in [0.4, 0.5) is 0 Å². The van der Waals surface area contributed by atoms with E-state index >= 15 is 0 Å². The largest absolute Gasteiger partial charge is 0.387 e. The van der Waals surface area contributed by atoms with Gasteiger partial charge in [0.1, 0.15) is 0 Å². The third-order valence-corrected chi connectivity index (χ3v) is 1.87. The monoisotopic (exact) mass is 170 g/mol. The van der Waals surface area contributed by atoms with Crippen LogP contribution in [0.5, 0.6) is 0 Å². The van der Waals surface area contributed by atoms with Gasteiger partial charge in [-0.15, -0.1) is 11.6 Å². The van der Waals surface area contributed by atoms with Crippen molar-refractivity contribution in [1.29, 1.82) is 0 Å². The zero-order valence-corrected chi connectivity index (χ0v) is 7.17. The van der Waals surface area contributed by atoms with Crippen LogP contribution in [-0.4, -0.2) is 11.0 Å². The second kappa shape index (κ2) is 3.74. The van der Waals surface area contributed by atoms with Crippen molar-refractivity contribution >= 4 is 11.6 Å². The Hall–Kier alpha value is -0.530. The summed E-state index contributed by atoms with van der Waals surface area (Å²) in [6, 6.07) is 7.72. The second-order valence-electron chi connectivity index (χ2n) is 2.58. The second-order valence-corrected chi connectivity index (χ2v) is 2.89. The topological polar surface area (TPSA) is 20.2 Å². The van der Waals surface area contributed by atoms with Crippen molar-refractivity contribution in [2.75, 3.05) is 5.88 Å². The van der Waals surface area contributed by atoms with Crippen LogP contribution in [0.25, 0.3) is 0 Å². The zero-order valence-electron chi connectivity index (χ0n) is 6.42. The number of benzene rings is 1. The molecule has 1 nitrogen and oxygen atoms in total. The van der Waals surface area contributed by atoms with E-state index in [1.807, 2.05) is 31.2 Å². The summed E-state index contributed by atoms with van der Waals surface area (Å²) in [5.41, 5.74) is 2.03. The SMILES string of the molecule is Cc1cccc([C@@H](O)CCl)c1. The van der Waals surface area contributed by atoms with Gasteiger partial charge in [0.25, 0.3) is 0 Å². The summed E-state index contributed by atoms with van der Waals surface area (Å²) in [5, 5.41) is 9.32. The van der Waals surface area contributed by atoms with Crippen LogP contribution in [0.15, 0.2) is 24.3 Å². The van der Waals surface area contributed by atoms with Crippen LogP contribution in [0, 0.1) is 6.92 Å². The van der Waals surface area contributed by atoms with Gasteiger partial charge in [-0.2, -0.15) is 0 Å². The van der Waals surface area contributed by atoms with Crippen molar-refractivity contribution in [3.05, 3.63) is 35.4 Å². The summed E-state index contributed by atoms with van der Waals surface area (Å²) in [6.07, 6.45) is -0.531. The van der Waals surface area contributed by atoms with Gasteiger partial charge < -0.3 is 5.11 Å². The van der Waals surface area contributed by atoms with Crippen molar-refractivity contribution in [2.24, 2.45) is 0 Å². The van der Waals surface area contributed by atoms with Crippen molar-refractivity contribution in [2.45, 2.75) is 13.0 Å². The van der Waals surface area contributed by atoms with Gasteiger partial charge in [0.15, 0.2) is 0 Å². The fraction of sp³-hybridized carbons (Fsp3) is 0.333. The number of aliphatic hydroxyl groups is 1. The Morgan fingerprint density at radius 1 is 1.55 bits per heavy atom. The predicted octanol–water partition coefficient (Wildman–Crippen LogP) is 2.27. The fourth-order valence-corrected chi connectivity index (χ4v) is 1.14. The number of alkyl halides is 1. The molecule has 0 amide bonds. The highest BCUT2D eigenvalue weighted by molar-refractivity contribution is 6.18. The molecule has 60 valence electrons. The smallest absolute Gasteiger partial charge is 0.0925 e. The van der Waals surface area contributed by atoms with E-state index in [1.54, 1.807) is 0 Å². The van der Waals surface area contributed by atoms with Crippen LogP contribution >= 0.6 is 11.6 Å². The van der Waals surface area contributed by atoms with Gasteiger partial charge in [0.2, 0.25) is 0 Å². The molecule has 0 aliphatic carbocycles. The molecule has 1 rings (SSSR count). The molecule has 1 aromatic rings. The molecule has 1 N–H and O–H groups in total. The third-order valence-electron chi connectivity index (χ3n) is 1.57. The molecule has 0 aliphatic heterocycles. The standard InChI is InChI=1S/C9H11ClO/c1-7-3-2-4-8(5-7)9(11)6-10/h2-5,9,11H,6H2,1H3/t9-/m0/s1. The Bertz CT molecular complexity index is 235. The highest BCUT2D eigenvalue weighted by atomic mass is 35.5. The first-order chi connectivity index (χ1) is 5.24. The summed E-state index contributed by atoms with van der Waals surface area (Å²) >= 11 is 5.49. The van der Waals surface area contributed by atoms with Crippen LogP contribution in [0.2, 0.25) is 0 Å². The van der Waals surface area contributed by atoms with Gasteiger partial charge in [0.05, 0.1) is 12.0 Å². The first-order valence-corrected chi connectivity index (χ1v) is 4.08. The minimum Gasteiger partial charge on any atom is -0.387 e. The molecule has 1 aromatic carbocycles. The number of hydrogen-bond acceptors (Lipinski definition) is 1. The highest BCUT2D eigenvalue weighted by Crippen LogP contribution is 2.14. The lowest BCUT2D eigenvalue weighted by Gasteiger charge is -2.06. The Labute approximate surface area is 71.6 Å². The summed E-state index contributed by atoms with van der Waals surface area (Å²) in [5.74, 6) is 0.253. The van der Waals surface area contributed by atoms with E-state index < -0.39 is 6.10 Å². The van der Waals surface area contributed by atoms with E-state index in [2.05, 4.69) is 0 Å². The van der Waals surface area contributed by atoms with Crippen LogP contribution < -0.4 is 0 Å². The quantitative estimate of drug-likeness (QED) is 0.676. The van der Waals surface area contributed by atoms with E-state index in [-0.39, 0.29) is 5.88 Å². The van der Waals surface area contributed by atoms with Gasteiger partial charge in [-0.1, -0.05) is 29.8 Å². The first kappa shape index (κ1) is 8.57. The molecule has 0 heterocycles. The molecular weight excluding hydrogens is 160 g/mol. The van der Waals surface area contributed by atoms with Crippen molar-refractivity contribution in [1.82, 2.24) is 0 Å². The zero-order chi connectivity index (χ0) is 8.27. The van der Waals surface area contributed by atoms with Gasteiger partial charge in [0, 0.05) is 0 Å². The van der Waals surface area contributed by atoms with E-state index in [0.29, 0.717) is 0 Å². The third kappa shape index (κ3) is 2.21. The van der Waals surface area contributed by atoms with Crippen LogP contribution in [0.3, 0.4) is 0 Å². The maximum absolute atomic E-state index is 9.32. The Kier molecular flexibility index (Phi) is 2.92. The maximum Gasteiger partial charge on any atom is 0.0925 e. The lowest BCUT2D eigenvalue weighted by Crippen LogP contribution is -1.97. The molecule has 0 saturated heterocycles. The average Bonchev–Trinajstić information content (AvgIpc) is 2.03. The van der Waals surface area contributed by atoms with Crippen molar-refractivity contribution in [3.8, 4) is 0 Å². The van der Waals surface area contributed by atoms with Crippen LogP contribution in [0.1, 0.15) is 17.2 Å². The number of halogens is 1. The Balaban J connectivity index is 2.86. The average molecular weight is 171 g/mol. The van der Waals surface area contributed by atoms with Crippen molar-refractivity contribution in [3.63, 3.8) is 0 Å². The molecule has 0 unspecified atom stereocenters. The normalized spacial score (nSPS) is 13.0. The van der Waals surface area contributed by atoms with Gasteiger partial charge in [-0.05, 0) is 12.5 Å². The first-order valence-electron chi connectivity index (χ1n) is 3.54. The lowest BCUT2D eigenvalue weighted by atomic mass is 10.1. The van der Waals surface area contributed by atoms with Gasteiger partial charge >= 0.3 is 0 Å². The molecule has 0 spiro atoms. The molecule has 0 fully saturated rings. The number of rotatable bonds is 2. The summed E-state index contributed by atoms with van der Waals surface area (Å²) in [4.78, 5) is 0. The van der Waals surface area contributed by atoms with E-state index in [0.717, 1.165) is 11.1 Å². The number of hydrogen-bond donors (Lipinski definition) is 1. The van der Waals surface area contributed by atoms with Gasteiger partial charge in [-0.3, -0.25) is 0 Å². The van der Waals surface area contributed by atoms with E-state index in [1.165, 1.54) is 0 Å². The predicted molar refractivity (Wildman–Crippen MR) is 46.9 cm³/mol. The molecule has 0 radical (unpaired) electrons. The van der Waals surface area contributed by atoms with Gasteiger partial charge in [-0.25, -0.2) is 0 Å². The molecular formula is C9H11ClO. The number of aliphatic hydroxyl groups excluding tert-OH is 1. The fourth-order valence-electron chi connectivity index (χ4n) is 0.966. The van der Waals surface area contributed by atoms with E-state index in [4.69, 9.17) is 11.6 Å². The minimum absolute atomic E-state index is 0.253. The summed E-state index contributed by atoms with van der Waals surface area (Å²) < 4.78 is 0. The molecule has 2 heteroatoms. The van der Waals surface area contributed by atoms with E-state index in [9.17, 15) is 5.11 Å². The minimum atomic E-state index is -0.531.